The van der Waals surface area contributed by atoms with E-state index in [0.29, 0.717) is 0 Å². The second-order valence-electron chi connectivity index (χ2n) is 7.45. The van der Waals surface area contributed by atoms with Gasteiger partial charge in [0.2, 0.25) is 0 Å². The molecule has 3 aromatic carbocycles. The van der Waals surface area contributed by atoms with E-state index in [9.17, 15) is 16.8 Å². The summed E-state index contributed by atoms with van der Waals surface area (Å²) in [5.41, 5.74) is 3.21. The molecule has 3 rings (SSSR count). The molecule has 0 saturated heterocycles. The van der Waals surface area contributed by atoms with E-state index in [4.69, 9.17) is 14.2 Å². The summed E-state index contributed by atoms with van der Waals surface area (Å²) >= 11 is 0. The van der Waals surface area contributed by atoms with Gasteiger partial charge in [0.05, 0.1) is 15.9 Å². The van der Waals surface area contributed by atoms with Crippen LogP contribution in [0.4, 0.5) is 0 Å². The lowest BCUT2D eigenvalue weighted by molar-refractivity contribution is 0.185. The van der Waals surface area contributed by atoms with E-state index in [1.165, 1.54) is 29.8 Å². The van der Waals surface area contributed by atoms with Crippen molar-refractivity contribution >= 4 is 20.2 Å². The normalized spacial score (nSPS) is 11.9. The molecule has 3 N–H and O–H groups in total. The molecule has 3 aromatic rings. The average molecular weight is 495 g/mol. The molecule has 0 aromatic heterocycles. The second kappa shape index (κ2) is 13.2. The molecule has 0 aliphatic carbocycles. The Morgan fingerprint density at radius 2 is 1.03 bits per heavy atom. The van der Waals surface area contributed by atoms with Crippen LogP contribution in [0.1, 0.15) is 30.0 Å². The maximum absolute atomic E-state index is 10.5. The van der Waals surface area contributed by atoms with Crippen LogP contribution >= 0.6 is 0 Å². The number of rotatable bonds is 5. The number of hydrogen-bond donors (Lipinski definition) is 3. The smallest absolute Gasteiger partial charge is 0.294 e. The van der Waals surface area contributed by atoms with Crippen molar-refractivity contribution in [3.63, 3.8) is 0 Å². The lowest BCUT2D eigenvalue weighted by Crippen LogP contribution is -2.00. The van der Waals surface area contributed by atoms with Crippen LogP contribution in [-0.4, -0.2) is 37.2 Å². The topological polar surface area (TPSA) is 129 Å². The fourth-order valence-corrected chi connectivity index (χ4v) is 3.40. The lowest BCUT2D eigenvalue weighted by Gasteiger charge is -2.02. The Hall–Kier alpha value is -2.56. The summed E-state index contributed by atoms with van der Waals surface area (Å²) in [6, 6.07) is 22.2. The van der Waals surface area contributed by atoms with Crippen LogP contribution in [-0.2, 0) is 26.7 Å². The van der Waals surface area contributed by atoms with Gasteiger partial charge in [-0.1, -0.05) is 65.7 Å². The molecule has 1 unspecified atom stereocenters. The third-order valence-electron chi connectivity index (χ3n) is 4.33. The molecule has 0 spiro atoms. The fraction of sp³-hybridized carbons (Fsp3) is 0.250. The summed E-state index contributed by atoms with van der Waals surface area (Å²) in [6.07, 6.45) is 1.64. The van der Waals surface area contributed by atoms with E-state index >= 15 is 0 Å². The first-order valence-corrected chi connectivity index (χ1v) is 13.0. The molecule has 0 radical (unpaired) electrons. The van der Waals surface area contributed by atoms with Gasteiger partial charge in [-0.25, -0.2) is 0 Å². The van der Waals surface area contributed by atoms with Gasteiger partial charge in [0, 0.05) is 0 Å². The summed E-state index contributed by atoms with van der Waals surface area (Å²) in [5.74, 6) is 0. The van der Waals surface area contributed by atoms with Crippen molar-refractivity contribution in [2.45, 2.75) is 49.5 Å². The summed E-state index contributed by atoms with van der Waals surface area (Å²) in [6.45, 7) is 5.50. The Kier molecular flexibility index (Phi) is 11.4. The molecule has 7 nitrogen and oxygen atoms in total. The highest BCUT2D eigenvalue weighted by Gasteiger charge is 2.07. The van der Waals surface area contributed by atoms with Crippen molar-refractivity contribution in [3.8, 4) is 0 Å². The van der Waals surface area contributed by atoms with Gasteiger partial charge in [0.25, 0.3) is 20.2 Å². The number of benzene rings is 3. The van der Waals surface area contributed by atoms with Crippen LogP contribution in [0.15, 0.2) is 88.7 Å². The van der Waals surface area contributed by atoms with E-state index in [0.717, 1.165) is 24.0 Å². The summed E-state index contributed by atoms with van der Waals surface area (Å²) in [4.78, 5) is -0.133. The van der Waals surface area contributed by atoms with Gasteiger partial charge in [-0.15, -0.1) is 0 Å². The van der Waals surface area contributed by atoms with Crippen LogP contribution in [0, 0.1) is 13.8 Å². The second-order valence-corrected chi connectivity index (χ2v) is 10.3. The molecule has 0 aliphatic heterocycles. The summed E-state index contributed by atoms with van der Waals surface area (Å²) in [5, 5.41) is 9.01. The van der Waals surface area contributed by atoms with Gasteiger partial charge >= 0.3 is 0 Å². The van der Waals surface area contributed by atoms with Gasteiger partial charge < -0.3 is 5.11 Å². The zero-order chi connectivity index (χ0) is 25.1. The van der Waals surface area contributed by atoms with Crippen LogP contribution in [0.25, 0.3) is 0 Å². The van der Waals surface area contributed by atoms with E-state index in [1.54, 1.807) is 24.3 Å². The first-order chi connectivity index (χ1) is 15.3. The van der Waals surface area contributed by atoms with Gasteiger partial charge in [0.1, 0.15) is 0 Å². The molecular weight excluding hydrogens is 464 g/mol. The van der Waals surface area contributed by atoms with Gasteiger partial charge in [-0.3, -0.25) is 9.11 Å². The van der Waals surface area contributed by atoms with E-state index < -0.39 is 20.2 Å². The van der Waals surface area contributed by atoms with Crippen LogP contribution in [0.3, 0.4) is 0 Å². The summed E-state index contributed by atoms with van der Waals surface area (Å²) < 4.78 is 59.1. The Labute approximate surface area is 196 Å². The molecule has 0 amide bonds. The largest absolute Gasteiger partial charge is 0.393 e. The third kappa shape index (κ3) is 12.3. The highest BCUT2D eigenvalue weighted by molar-refractivity contribution is 7.86. The number of aliphatic hydroxyl groups excluding tert-OH is 1. The lowest BCUT2D eigenvalue weighted by atomic mass is 10.1. The van der Waals surface area contributed by atoms with Crippen molar-refractivity contribution in [3.05, 3.63) is 95.6 Å². The molecule has 9 heteroatoms. The Bertz CT molecular complexity index is 1100. The van der Waals surface area contributed by atoms with Crippen LogP contribution < -0.4 is 0 Å². The van der Waals surface area contributed by atoms with Crippen molar-refractivity contribution < 1.29 is 31.0 Å². The number of hydrogen-bond acceptors (Lipinski definition) is 5. The quantitative estimate of drug-likeness (QED) is 0.446. The molecule has 33 heavy (non-hydrogen) atoms. The highest BCUT2D eigenvalue weighted by Crippen LogP contribution is 2.09. The molecule has 0 saturated carbocycles. The SMILES string of the molecule is CC(O)CCc1ccccc1.Cc1ccc(S(=O)(=O)O)cc1.Cc1ccc(S(=O)(=O)O)cc1. The molecule has 0 bridgehead atoms. The molecule has 0 heterocycles. The Morgan fingerprint density at radius 3 is 1.33 bits per heavy atom. The predicted molar refractivity (Wildman–Crippen MR) is 128 cm³/mol. The van der Waals surface area contributed by atoms with E-state index in [-0.39, 0.29) is 15.9 Å². The number of aliphatic hydroxyl groups is 1. The molecular formula is C24H30O7S2. The number of aryl methyl sites for hydroxylation is 3. The van der Waals surface area contributed by atoms with Gasteiger partial charge in [-0.05, 0) is 63.4 Å². The van der Waals surface area contributed by atoms with Crippen LogP contribution in [0.5, 0.6) is 0 Å². The van der Waals surface area contributed by atoms with Crippen molar-refractivity contribution in [1.29, 1.82) is 0 Å². The first kappa shape index (κ1) is 28.5. The highest BCUT2D eigenvalue weighted by atomic mass is 32.2. The Balaban J connectivity index is 0.000000247. The van der Waals surface area contributed by atoms with Crippen LogP contribution in [0.2, 0.25) is 0 Å². The zero-order valence-corrected chi connectivity index (χ0v) is 20.4. The van der Waals surface area contributed by atoms with E-state index in [2.05, 4.69) is 12.1 Å². The minimum Gasteiger partial charge on any atom is -0.393 e. The monoisotopic (exact) mass is 494 g/mol. The minimum absolute atomic E-state index is 0.0666. The first-order valence-electron chi connectivity index (χ1n) is 10.1. The minimum atomic E-state index is -4.02. The average Bonchev–Trinajstić information content (AvgIpc) is 2.73. The molecule has 0 fully saturated rings. The van der Waals surface area contributed by atoms with Gasteiger partial charge in [0.15, 0.2) is 0 Å². The molecule has 1 atom stereocenters. The maximum atomic E-state index is 10.5. The standard InChI is InChI=1S/C10H14O.2C7H8O3S/c1-9(11)7-8-10-5-3-2-4-6-10;2*1-6-2-4-7(5-3-6)11(8,9)10/h2-6,9,11H,7-8H2,1H3;2*2-5H,1H3,(H,8,9,10). The Morgan fingerprint density at radius 1 is 0.667 bits per heavy atom. The third-order valence-corrected chi connectivity index (χ3v) is 6.07. The molecule has 0 aliphatic rings. The van der Waals surface area contributed by atoms with Crippen molar-refractivity contribution in [2.75, 3.05) is 0 Å². The van der Waals surface area contributed by atoms with Gasteiger partial charge in [-0.2, -0.15) is 16.8 Å². The van der Waals surface area contributed by atoms with E-state index in [1.807, 2.05) is 39.0 Å². The zero-order valence-electron chi connectivity index (χ0n) is 18.8. The van der Waals surface area contributed by atoms with Crippen molar-refractivity contribution in [1.82, 2.24) is 0 Å². The predicted octanol–water partition coefficient (Wildman–Crippen LogP) is 4.48. The summed E-state index contributed by atoms with van der Waals surface area (Å²) in [7, 11) is -8.04. The molecule has 180 valence electrons. The van der Waals surface area contributed by atoms with Crippen molar-refractivity contribution in [2.24, 2.45) is 0 Å². The fourth-order valence-electron chi connectivity index (χ4n) is 2.44. The maximum Gasteiger partial charge on any atom is 0.294 e.